The Kier molecular flexibility index (Phi) is 3.92. The van der Waals surface area contributed by atoms with E-state index in [-0.39, 0.29) is 10.7 Å². The van der Waals surface area contributed by atoms with Crippen molar-refractivity contribution in [3.8, 4) is 6.07 Å². The van der Waals surface area contributed by atoms with E-state index in [4.69, 9.17) is 16.9 Å². The van der Waals surface area contributed by atoms with Crippen molar-refractivity contribution < 1.29 is 4.79 Å². The van der Waals surface area contributed by atoms with Gasteiger partial charge in [0.1, 0.15) is 11.2 Å². The molecule has 0 aromatic carbocycles. The highest BCUT2D eigenvalue weighted by molar-refractivity contribution is 7.08. The van der Waals surface area contributed by atoms with Crippen LogP contribution in [0.5, 0.6) is 0 Å². The first-order valence-electron chi connectivity index (χ1n) is 5.05. The van der Waals surface area contributed by atoms with Gasteiger partial charge in [-0.15, -0.1) is 0 Å². The number of hydrogen-bond donors (Lipinski definition) is 1. The second-order valence-corrected chi connectivity index (χ2v) is 4.57. The second kappa shape index (κ2) is 5.63. The van der Waals surface area contributed by atoms with Crippen molar-refractivity contribution in [2.24, 2.45) is 0 Å². The van der Waals surface area contributed by atoms with Gasteiger partial charge in [-0.3, -0.25) is 4.79 Å². The fourth-order valence-electron chi connectivity index (χ4n) is 1.39. The topological polar surface area (TPSA) is 65.8 Å². The molecular weight excluding hydrogens is 270 g/mol. The molecule has 1 atom stereocenters. The van der Waals surface area contributed by atoms with Crippen molar-refractivity contribution in [1.29, 1.82) is 5.26 Å². The summed E-state index contributed by atoms with van der Waals surface area (Å²) in [6, 6.07) is 6.33. The molecule has 0 saturated heterocycles. The van der Waals surface area contributed by atoms with Gasteiger partial charge in [0.15, 0.2) is 0 Å². The average molecular weight is 278 g/mol. The number of nitrogens with one attached hydrogen (secondary N) is 1. The number of amides is 1. The van der Waals surface area contributed by atoms with Gasteiger partial charge < -0.3 is 5.32 Å². The second-order valence-electron chi connectivity index (χ2n) is 3.43. The third-order valence-corrected chi connectivity index (χ3v) is 3.29. The lowest BCUT2D eigenvalue weighted by Crippen LogP contribution is -2.27. The van der Waals surface area contributed by atoms with Crippen LogP contribution in [0.15, 0.2) is 35.2 Å². The van der Waals surface area contributed by atoms with Crippen LogP contribution in [0.2, 0.25) is 5.15 Å². The molecule has 1 N–H and O–H groups in total. The summed E-state index contributed by atoms with van der Waals surface area (Å²) in [5.74, 6) is -0.411. The van der Waals surface area contributed by atoms with E-state index < -0.39 is 11.9 Å². The average Bonchev–Trinajstić information content (AvgIpc) is 2.90. The molecule has 2 heterocycles. The summed E-state index contributed by atoms with van der Waals surface area (Å²) in [6.07, 6.45) is 1.50. The number of pyridine rings is 1. The molecule has 0 radical (unpaired) electrons. The molecule has 0 aliphatic rings. The first-order valence-corrected chi connectivity index (χ1v) is 6.37. The van der Waals surface area contributed by atoms with E-state index in [0.717, 1.165) is 5.56 Å². The number of nitrogens with zero attached hydrogens (tertiary/aromatic N) is 2. The molecule has 6 heteroatoms. The van der Waals surface area contributed by atoms with Gasteiger partial charge in [-0.05, 0) is 34.5 Å². The Morgan fingerprint density at radius 3 is 3.00 bits per heavy atom. The maximum atomic E-state index is 11.9. The zero-order valence-corrected chi connectivity index (χ0v) is 10.7. The van der Waals surface area contributed by atoms with E-state index in [1.807, 2.05) is 16.8 Å². The summed E-state index contributed by atoms with van der Waals surface area (Å²) in [7, 11) is 0. The van der Waals surface area contributed by atoms with Crippen molar-refractivity contribution in [3.05, 3.63) is 51.4 Å². The van der Waals surface area contributed by atoms with E-state index in [1.165, 1.54) is 17.5 Å². The number of aromatic nitrogens is 1. The highest BCUT2D eigenvalue weighted by Gasteiger charge is 2.17. The molecule has 1 amide bonds. The molecule has 0 fully saturated rings. The van der Waals surface area contributed by atoms with Crippen LogP contribution in [0, 0.1) is 11.3 Å². The number of nitriles is 1. The lowest BCUT2D eigenvalue weighted by Gasteiger charge is -2.10. The molecule has 2 aromatic rings. The van der Waals surface area contributed by atoms with Gasteiger partial charge in [0.2, 0.25) is 0 Å². The highest BCUT2D eigenvalue weighted by Crippen LogP contribution is 2.17. The van der Waals surface area contributed by atoms with Crippen molar-refractivity contribution in [3.63, 3.8) is 0 Å². The van der Waals surface area contributed by atoms with E-state index in [9.17, 15) is 4.79 Å². The first-order chi connectivity index (χ1) is 8.72. The zero-order valence-electron chi connectivity index (χ0n) is 9.13. The van der Waals surface area contributed by atoms with Crippen LogP contribution in [0.4, 0.5) is 0 Å². The van der Waals surface area contributed by atoms with Crippen LogP contribution in [0.3, 0.4) is 0 Å². The Balaban J connectivity index is 2.17. The smallest absolute Gasteiger partial charge is 0.255 e. The van der Waals surface area contributed by atoms with E-state index in [1.54, 1.807) is 18.2 Å². The molecule has 18 heavy (non-hydrogen) atoms. The summed E-state index contributed by atoms with van der Waals surface area (Å²) in [6.45, 7) is 0. The standard InChI is InChI=1S/C12H8ClN3OS/c13-11-9(2-1-4-15-11)12(17)16-10(6-14)8-3-5-18-7-8/h1-5,7,10H,(H,16,17)/t10-/m1/s1. The van der Waals surface area contributed by atoms with Gasteiger partial charge >= 0.3 is 0 Å². The van der Waals surface area contributed by atoms with Gasteiger partial charge in [0.25, 0.3) is 5.91 Å². The van der Waals surface area contributed by atoms with Crippen molar-refractivity contribution >= 4 is 28.8 Å². The minimum absolute atomic E-state index is 0.122. The molecule has 90 valence electrons. The maximum Gasteiger partial charge on any atom is 0.255 e. The fourth-order valence-corrected chi connectivity index (χ4v) is 2.28. The molecule has 2 aromatic heterocycles. The fraction of sp³-hybridized carbons (Fsp3) is 0.0833. The normalized spacial score (nSPS) is 11.6. The quantitative estimate of drug-likeness (QED) is 0.877. The Morgan fingerprint density at radius 1 is 1.56 bits per heavy atom. The van der Waals surface area contributed by atoms with Crippen molar-refractivity contribution in [2.45, 2.75) is 6.04 Å². The molecule has 0 unspecified atom stereocenters. The van der Waals surface area contributed by atoms with Crippen LogP contribution < -0.4 is 5.32 Å². The molecule has 2 rings (SSSR count). The SMILES string of the molecule is N#C[C@@H](NC(=O)c1cccnc1Cl)c1ccsc1. The predicted octanol–water partition coefficient (Wildman–Crippen LogP) is 2.79. The minimum Gasteiger partial charge on any atom is -0.332 e. The maximum absolute atomic E-state index is 11.9. The van der Waals surface area contributed by atoms with E-state index >= 15 is 0 Å². The van der Waals surface area contributed by atoms with Crippen LogP contribution >= 0.6 is 22.9 Å². The zero-order chi connectivity index (χ0) is 13.0. The molecular formula is C12H8ClN3OS. The van der Waals surface area contributed by atoms with Gasteiger partial charge in [0.05, 0.1) is 11.6 Å². The lowest BCUT2D eigenvalue weighted by molar-refractivity contribution is 0.0945. The Bertz CT molecular complexity index is 592. The van der Waals surface area contributed by atoms with Crippen molar-refractivity contribution in [2.75, 3.05) is 0 Å². The monoisotopic (exact) mass is 277 g/mol. The van der Waals surface area contributed by atoms with Gasteiger partial charge in [0, 0.05) is 6.20 Å². The number of carbonyl (C=O) groups excluding carboxylic acids is 1. The van der Waals surface area contributed by atoms with E-state index in [2.05, 4.69) is 10.3 Å². The Labute approximate surface area is 113 Å². The van der Waals surface area contributed by atoms with Crippen molar-refractivity contribution in [1.82, 2.24) is 10.3 Å². The van der Waals surface area contributed by atoms with Gasteiger partial charge in [-0.2, -0.15) is 16.6 Å². The van der Waals surface area contributed by atoms with Crippen LogP contribution in [0.1, 0.15) is 22.0 Å². The Hall–Kier alpha value is -1.90. The molecule has 0 aliphatic carbocycles. The van der Waals surface area contributed by atoms with Gasteiger partial charge in [-0.25, -0.2) is 4.98 Å². The first kappa shape index (κ1) is 12.6. The van der Waals surface area contributed by atoms with Crippen LogP contribution in [-0.4, -0.2) is 10.9 Å². The number of rotatable bonds is 3. The largest absolute Gasteiger partial charge is 0.332 e. The van der Waals surface area contributed by atoms with Crippen LogP contribution in [-0.2, 0) is 0 Å². The minimum atomic E-state index is -0.681. The molecule has 0 spiro atoms. The van der Waals surface area contributed by atoms with E-state index in [0.29, 0.717) is 0 Å². The van der Waals surface area contributed by atoms with Gasteiger partial charge in [-0.1, -0.05) is 11.6 Å². The summed E-state index contributed by atoms with van der Waals surface area (Å²) < 4.78 is 0. The molecule has 0 saturated carbocycles. The summed E-state index contributed by atoms with van der Waals surface area (Å²) >= 11 is 7.29. The summed E-state index contributed by atoms with van der Waals surface area (Å²) in [4.78, 5) is 15.8. The number of thiophene rings is 1. The lowest BCUT2D eigenvalue weighted by atomic mass is 10.1. The van der Waals surface area contributed by atoms with Crippen LogP contribution in [0.25, 0.3) is 0 Å². The Morgan fingerprint density at radius 2 is 2.39 bits per heavy atom. The number of carbonyl (C=O) groups is 1. The molecule has 4 nitrogen and oxygen atoms in total. The third kappa shape index (κ3) is 2.67. The highest BCUT2D eigenvalue weighted by atomic mass is 35.5. The summed E-state index contributed by atoms with van der Waals surface area (Å²) in [5, 5.41) is 15.5. The predicted molar refractivity (Wildman–Crippen MR) is 69.4 cm³/mol. The number of hydrogen-bond acceptors (Lipinski definition) is 4. The third-order valence-electron chi connectivity index (χ3n) is 2.28. The molecule has 0 bridgehead atoms. The number of halogens is 1. The summed E-state index contributed by atoms with van der Waals surface area (Å²) in [5.41, 5.74) is 1.02. The molecule has 0 aliphatic heterocycles.